The smallest absolute Gasteiger partial charge is 0.433 e. The first kappa shape index (κ1) is 20.1. The average Bonchev–Trinajstić information content (AvgIpc) is 2.96. The number of alkyl halides is 3. The third-order valence-corrected chi connectivity index (χ3v) is 4.85. The highest BCUT2D eigenvalue weighted by Gasteiger charge is 2.43. The molecule has 1 saturated carbocycles. The van der Waals surface area contributed by atoms with Gasteiger partial charge in [-0.25, -0.2) is 0 Å². The first-order chi connectivity index (χ1) is 13.2. The number of methoxy groups -OCH3 is 1. The molecule has 1 aromatic heterocycles. The number of rotatable bonds is 4. The minimum Gasteiger partial charge on any atom is -0.497 e. The number of halogens is 3. The molecular formula is C19H19F3N2O4. The minimum absolute atomic E-state index is 0.0851. The van der Waals surface area contributed by atoms with E-state index < -0.39 is 41.9 Å². The molecule has 2 aromatic rings. The van der Waals surface area contributed by atoms with E-state index in [1.165, 1.54) is 13.2 Å². The van der Waals surface area contributed by atoms with E-state index in [9.17, 15) is 28.2 Å². The summed E-state index contributed by atoms with van der Waals surface area (Å²) in [7, 11) is 1.49. The van der Waals surface area contributed by atoms with Crippen molar-refractivity contribution in [1.29, 1.82) is 0 Å². The zero-order valence-corrected chi connectivity index (χ0v) is 14.8. The van der Waals surface area contributed by atoms with Crippen molar-refractivity contribution in [2.75, 3.05) is 7.11 Å². The van der Waals surface area contributed by atoms with Crippen LogP contribution in [0.5, 0.6) is 5.75 Å². The number of aliphatic hydroxyl groups excluding tert-OH is 2. The molecule has 9 heteroatoms. The number of amides is 1. The summed E-state index contributed by atoms with van der Waals surface area (Å²) in [4.78, 5) is 15.9. The van der Waals surface area contributed by atoms with Gasteiger partial charge in [0.1, 0.15) is 17.5 Å². The number of aliphatic hydroxyl groups is 2. The largest absolute Gasteiger partial charge is 0.497 e. The van der Waals surface area contributed by atoms with Crippen molar-refractivity contribution in [3.63, 3.8) is 0 Å². The maximum atomic E-state index is 12.7. The van der Waals surface area contributed by atoms with Crippen LogP contribution in [0.4, 0.5) is 13.2 Å². The van der Waals surface area contributed by atoms with Gasteiger partial charge in [-0.15, -0.1) is 0 Å². The van der Waals surface area contributed by atoms with Crippen LogP contribution in [0.15, 0.2) is 42.6 Å². The summed E-state index contributed by atoms with van der Waals surface area (Å²) in [6.45, 7) is 0. The van der Waals surface area contributed by atoms with E-state index >= 15 is 0 Å². The average molecular weight is 396 g/mol. The van der Waals surface area contributed by atoms with E-state index in [-0.39, 0.29) is 6.42 Å². The highest BCUT2D eigenvalue weighted by atomic mass is 19.4. The van der Waals surface area contributed by atoms with Crippen LogP contribution in [-0.2, 0) is 6.18 Å². The van der Waals surface area contributed by atoms with E-state index in [1.807, 2.05) is 0 Å². The maximum Gasteiger partial charge on any atom is 0.433 e. The van der Waals surface area contributed by atoms with E-state index in [4.69, 9.17) is 4.74 Å². The van der Waals surface area contributed by atoms with Crippen molar-refractivity contribution >= 4 is 5.91 Å². The fourth-order valence-corrected chi connectivity index (χ4v) is 3.32. The molecule has 1 amide bonds. The molecule has 28 heavy (non-hydrogen) atoms. The van der Waals surface area contributed by atoms with Crippen LogP contribution in [0, 0.1) is 0 Å². The molecule has 1 fully saturated rings. The number of carbonyl (C=O) groups is 1. The Morgan fingerprint density at radius 1 is 1.18 bits per heavy atom. The second-order valence-corrected chi connectivity index (χ2v) is 6.60. The Bertz CT molecular complexity index is 825. The molecule has 6 nitrogen and oxygen atoms in total. The van der Waals surface area contributed by atoms with Gasteiger partial charge in [0.15, 0.2) is 0 Å². The Labute approximate surface area is 159 Å². The zero-order chi connectivity index (χ0) is 20.5. The first-order valence-electron chi connectivity index (χ1n) is 8.55. The van der Waals surface area contributed by atoms with Crippen LogP contribution in [0.25, 0.3) is 0 Å². The second kappa shape index (κ2) is 7.76. The number of nitrogens with one attached hydrogen (secondary N) is 1. The predicted octanol–water partition coefficient (Wildman–Crippen LogP) is 2.12. The Hall–Kier alpha value is -2.65. The lowest BCUT2D eigenvalue weighted by molar-refractivity contribution is -0.141. The fraction of sp³-hybridized carbons (Fsp3) is 0.368. The predicted molar refractivity (Wildman–Crippen MR) is 92.9 cm³/mol. The summed E-state index contributed by atoms with van der Waals surface area (Å²) < 4.78 is 43.1. The van der Waals surface area contributed by atoms with E-state index in [0.29, 0.717) is 16.9 Å². The molecule has 1 heterocycles. The number of hydrogen-bond donors (Lipinski definition) is 3. The number of nitrogens with zero attached hydrogens (tertiary/aromatic N) is 1. The molecule has 0 saturated heterocycles. The standard InChI is InChI=1S/C19H19F3N2O4/c1-28-12-5-2-10(3-6-12)18(27)24-16-13(8-14(25)17(16)26)11-4-7-15(23-9-11)19(20,21)22/h2-7,9,13-14,16-17,25-26H,8H2,1H3,(H,24,27). The lowest BCUT2D eigenvalue weighted by atomic mass is 9.94. The highest BCUT2D eigenvalue weighted by Crippen LogP contribution is 2.36. The lowest BCUT2D eigenvalue weighted by Crippen LogP contribution is -2.45. The summed E-state index contributed by atoms with van der Waals surface area (Å²) in [5.41, 5.74) is -0.323. The Morgan fingerprint density at radius 2 is 1.86 bits per heavy atom. The van der Waals surface area contributed by atoms with Gasteiger partial charge in [0.25, 0.3) is 5.91 Å². The molecule has 0 spiro atoms. The van der Waals surface area contributed by atoms with E-state index in [2.05, 4.69) is 10.3 Å². The van der Waals surface area contributed by atoms with Crippen molar-refractivity contribution < 1.29 is 32.9 Å². The Kier molecular flexibility index (Phi) is 5.57. The zero-order valence-electron chi connectivity index (χ0n) is 14.8. The van der Waals surface area contributed by atoms with Gasteiger partial charge in [-0.2, -0.15) is 13.2 Å². The number of benzene rings is 1. The van der Waals surface area contributed by atoms with Gasteiger partial charge in [0.2, 0.25) is 0 Å². The Morgan fingerprint density at radius 3 is 2.39 bits per heavy atom. The van der Waals surface area contributed by atoms with Crippen molar-refractivity contribution in [2.45, 2.75) is 36.8 Å². The van der Waals surface area contributed by atoms with Crippen molar-refractivity contribution in [3.8, 4) is 5.75 Å². The Balaban J connectivity index is 1.80. The molecule has 150 valence electrons. The van der Waals surface area contributed by atoms with Gasteiger partial charge in [-0.05, 0) is 42.3 Å². The molecule has 3 rings (SSSR count). The molecule has 3 N–H and O–H groups in total. The first-order valence-corrected chi connectivity index (χ1v) is 8.55. The van der Waals surface area contributed by atoms with Gasteiger partial charge < -0.3 is 20.3 Å². The van der Waals surface area contributed by atoms with Crippen LogP contribution in [-0.4, -0.2) is 46.5 Å². The molecule has 0 bridgehead atoms. The molecule has 0 radical (unpaired) electrons. The highest BCUT2D eigenvalue weighted by molar-refractivity contribution is 5.94. The summed E-state index contributed by atoms with van der Waals surface area (Å²) in [5.74, 6) is -0.491. The molecule has 1 aliphatic carbocycles. The lowest BCUT2D eigenvalue weighted by Gasteiger charge is -2.24. The number of pyridine rings is 1. The van der Waals surface area contributed by atoms with Crippen LogP contribution < -0.4 is 10.1 Å². The SMILES string of the molecule is COc1ccc(C(=O)NC2C(c3ccc(C(F)(F)F)nc3)CC(O)C2O)cc1. The second-order valence-electron chi connectivity index (χ2n) is 6.60. The van der Waals surface area contributed by atoms with E-state index in [1.54, 1.807) is 24.3 Å². The van der Waals surface area contributed by atoms with Gasteiger partial charge in [0, 0.05) is 17.7 Å². The molecule has 4 unspecified atom stereocenters. The molecule has 4 atom stereocenters. The van der Waals surface area contributed by atoms with Gasteiger partial charge in [0.05, 0.1) is 19.3 Å². The number of aromatic nitrogens is 1. The third-order valence-electron chi connectivity index (χ3n) is 4.85. The van der Waals surface area contributed by atoms with Crippen LogP contribution in [0.2, 0.25) is 0 Å². The monoisotopic (exact) mass is 396 g/mol. The number of hydrogen-bond acceptors (Lipinski definition) is 5. The molecule has 0 aliphatic heterocycles. The number of ether oxygens (including phenoxy) is 1. The van der Waals surface area contributed by atoms with E-state index in [0.717, 1.165) is 12.3 Å². The third kappa shape index (κ3) is 4.10. The van der Waals surface area contributed by atoms with Gasteiger partial charge >= 0.3 is 6.18 Å². The maximum absolute atomic E-state index is 12.7. The topological polar surface area (TPSA) is 91.7 Å². The molecule has 1 aliphatic rings. The van der Waals surface area contributed by atoms with Gasteiger partial charge in [-0.1, -0.05) is 6.07 Å². The summed E-state index contributed by atoms with van der Waals surface area (Å²) in [5, 5.41) is 22.9. The number of carbonyl (C=O) groups excluding carboxylic acids is 1. The van der Waals surface area contributed by atoms with Crippen LogP contribution in [0.3, 0.4) is 0 Å². The molecular weight excluding hydrogens is 377 g/mol. The van der Waals surface area contributed by atoms with Crippen LogP contribution in [0.1, 0.15) is 34.0 Å². The summed E-state index contributed by atoms with van der Waals surface area (Å²) in [6.07, 6.45) is -5.79. The summed E-state index contributed by atoms with van der Waals surface area (Å²) in [6, 6.07) is 7.51. The molecule has 1 aromatic carbocycles. The van der Waals surface area contributed by atoms with Gasteiger partial charge in [-0.3, -0.25) is 9.78 Å². The van der Waals surface area contributed by atoms with Crippen molar-refractivity contribution in [1.82, 2.24) is 10.3 Å². The van der Waals surface area contributed by atoms with Crippen molar-refractivity contribution in [3.05, 3.63) is 59.4 Å². The fourth-order valence-electron chi connectivity index (χ4n) is 3.32. The minimum atomic E-state index is -4.56. The normalized spacial score (nSPS) is 24.8. The summed E-state index contributed by atoms with van der Waals surface area (Å²) >= 11 is 0. The quantitative estimate of drug-likeness (QED) is 0.737. The van der Waals surface area contributed by atoms with Crippen molar-refractivity contribution in [2.24, 2.45) is 0 Å². The van der Waals surface area contributed by atoms with Crippen LogP contribution >= 0.6 is 0 Å².